The number of ether oxygens (including phenoxy) is 2. The van der Waals surface area contributed by atoms with Crippen molar-refractivity contribution in [1.82, 2.24) is 9.71 Å². The summed E-state index contributed by atoms with van der Waals surface area (Å²) in [5.74, 6) is 0.204. The zero-order valence-corrected chi connectivity index (χ0v) is 26.3. The zero-order valence-electron chi connectivity index (χ0n) is 23.8. The number of alkyl halides is 3. The van der Waals surface area contributed by atoms with Crippen LogP contribution in [0.2, 0.25) is 0 Å². The molecule has 1 aliphatic rings. The van der Waals surface area contributed by atoms with Crippen LogP contribution in [0.1, 0.15) is 0 Å². The van der Waals surface area contributed by atoms with Crippen LogP contribution >= 0.6 is 0 Å². The summed E-state index contributed by atoms with van der Waals surface area (Å²) < 4.78 is 127. The molecule has 244 valence electrons. The van der Waals surface area contributed by atoms with Gasteiger partial charge < -0.3 is 9.47 Å². The number of anilines is 2. The second-order valence-corrected chi connectivity index (χ2v) is 14.0. The van der Waals surface area contributed by atoms with Crippen molar-refractivity contribution in [2.24, 2.45) is 5.16 Å². The third-order valence-electron chi connectivity index (χ3n) is 6.59. The normalized spacial score (nSPS) is 15.1. The van der Waals surface area contributed by atoms with Crippen LogP contribution in [0.25, 0.3) is 10.8 Å². The zero-order chi connectivity index (χ0) is 33.3. The summed E-state index contributed by atoms with van der Waals surface area (Å²) in [4.78, 5) is 3.54. The van der Waals surface area contributed by atoms with E-state index in [1.54, 1.807) is 0 Å². The SMILES string of the molecule is COc1ccc(S(=O)(=O)N(CC(F)(F)F)c2cnc(N(CC3=NOS(=O)N3)S(=O)(=O)c3ccc(OC)cc3)c3ccccc23)cc1. The van der Waals surface area contributed by atoms with Gasteiger partial charge in [0.05, 0.1) is 42.4 Å². The standard InChI is InChI=1S/C27H24F3N5O8S3/c1-41-18-7-11-20(12-8-18)45(37,38)34(16-25-32-43-44(36)33-25)26-23-6-4-3-5-22(23)24(15-31-26)35(17-27(28,29)30)46(39,40)21-13-9-19(42-2)10-14-21/h3-15H,16-17H2,1-2H3,(H,32,33). The van der Waals surface area contributed by atoms with E-state index in [9.17, 15) is 34.2 Å². The monoisotopic (exact) mass is 699 g/mol. The summed E-state index contributed by atoms with van der Waals surface area (Å²) in [6, 6.07) is 15.8. The average molecular weight is 700 g/mol. The summed E-state index contributed by atoms with van der Waals surface area (Å²) in [6.45, 7) is -2.50. The first kappa shape index (κ1) is 32.8. The molecule has 0 saturated carbocycles. The lowest BCUT2D eigenvalue weighted by atomic mass is 10.1. The van der Waals surface area contributed by atoms with E-state index in [2.05, 4.69) is 19.1 Å². The van der Waals surface area contributed by atoms with Crippen LogP contribution < -0.4 is 22.8 Å². The van der Waals surface area contributed by atoms with Crippen molar-refractivity contribution in [3.8, 4) is 11.5 Å². The molecule has 0 spiro atoms. The van der Waals surface area contributed by atoms with Crippen molar-refractivity contribution in [2.75, 3.05) is 35.9 Å². The van der Waals surface area contributed by atoms with Crippen LogP contribution in [-0.4, -0.2) is 65.3 Å². The fourth-order valence-corrected chi connectivity index (χ4v) is 7.80. The van der Waals surface area contributed by atoms with E-state index < -0.39 is 61.2 Å². The first-order valence-electron chi connectivity index (χ1n) is 13.0. The highest BCUT2D eigenvalue weighted by Crippen LogP contribution is 2.38. The number of hydrogen-bond acceptors (Lipinski definition) is 10. The maximum Gasteiger partial charge on any atom is 0.407 e. The maximum absolute atomic E-state index is 14.0. The lowest BCUT2D eigenvalue weighted by Crippen LogP contribution is -2.41. The van der Waals surface area contributed by atoms with Gasteiger partial charge in [0.25, 0.3) is 20.0 Å². The van der Waals surface area contributed by atoms with Gasteiger partial charge in [0.15, 0.2) is 11.7 Å². The van der Waals surface area contributed by atoms with E-state index in [1.807, 2.05) is 0 Å². The summed E-state index contributed by atoms with van der Waals surface area (Å²) in [7, 11) is -6.60. The van der Waals surface area contributed by atoms with Gasteiger partial charge in [-0.25, -0.2) is 26.1 Å². The highest BCUT2D eigenvalue weighted by atomic mass is 32.2. The Morgan fingerprint density at radius 2 is 1.35 bits per heavy atom. The molecule has 0 amide bonds. The van der Waals surface area contributed by atoms with Crippen LogP contribution in [0.5, 0.6) is 11.5 Å². The number of pyridine rings is 1. The highest BCUT2D eigenvalue weighted by Gasteiger charge is 2.39. The number of benzene rings is 3. The van der Waals surface area contributed by atoms with Gasteiger partial charge in [-0.2, -0.15) is 17.4 Å². The third-order valence-corrected chi connectivity index (χ3v) is 10.7. The Bertz CT molecular complexity index is 2030. The van der Waals surface area contributed by atoms with Crippen LogP contribution in [0.15, 0.2) is 93.9 Å². The van der Waals surface area contributed by atoms with Crippen molar-refractivity contribution in [3.05, 3.63) is 79.0 Å². The van der Waals surface area contributed by atoms with E-state index in [-0.39, 0.29) is 37.4 Å². The predicted octanol–water partition coefficient (Wildman–Crippen LogP) is 3.72. The average Bonchev–Trinajstić information content (AvgIpc) is 3.46. The molecule has 46 heavy (non-hydrogen) atoms. The summed E-state index contributed by atoms with van der Waals surface area (Å²) in [6.07, 6.45) is -4.13. The Morgan fingerprint density at radius 1 is 0.826 bits per heavy atom. The van der Waals surface area contributed by atoms with Crippen molar-refractivity contribution in [2.45, 2.75) is 16.0 Å². The van der Waals surface area contributed by atoms with Gasteiger partial charge in [-0.3, -0.25) is 13.3 Å². The summed E-state index contributed by atoms with van der Waals surface area (Å²) >= 11 is -2.08. The molecule has 1 N–H and O–H groups in total. The number of nitrogens with one attached hydrogen (secondary N) is 1. The number of rotatable bonds is 11. The van der Waals surface area contributed by atoms with Gasteiger partial charge in [0.2, 0.25) is 0 Å². The number of methoxy groups -OCH3 is 2. The Labute approximate surface area is 264 Å². The molecule has 2 heterocycles. The first-order valence-corrected chi connectivity index (χ1v) is 16.9. The topological polar surface area (TPSA) is 157 Å². The number of aromatic nitrogens is 1. The van der Waals surface area contributed by atoms with Crippen molar-refractivity contribution < 1.29 is 48.0 Å². The number of hydrogen-bond donors (Lipinski definition) is 1. The molecule has 0 fully saturated rings. The molecule has 1 aliphatic heterocycles. The van der Waals surface area contributed by atoms with E-state index in [0.29, 0.717) is 5.75 Å². The Hall–Kier alpha value is -4.62. The third kappa shape index (κ3) is 6.65. The molecule has 0 radical (unpaired) electrons. The number of fused-ring (bicyclic) bond motifs is 1. The Morgan fingerprint density at radius 3 is 1.83 bits per heavy atom. The molecular formula is C27H24F3N5O8S3. The highest BCUT2D eigenvalue weighted by molar-refractivity contribution is 7.93. The molecule has 5 rings (SSSR count). The minimum absolute atomic E-state index is 0.0187. The second kappa shape index (κ2) is 12.6. The van der Waals surface area contributed by atoms with Crippen molar-refractivity contribution in [1.29, 1.82) is 0 Å². The van der Waals surface area contributed by atoms with Gasteiger partial charge in [-0.1, -0.05) is 24.3 Å². The van der Waals surface area contributed by atoms with Gasteiger partial charge in [-0.05, 0) is 53.7 Å². The lowest BCUT2D eigenvalue weighted by molar-refractivity contribution is -0.117. The van der Waals surface area contributed by atoms with Crippen LogP contribution in [0.3, 0.4) is 0 Å². The first-order chi connectivity index (χ1) is 21.7. The molecule has 4 aromatic rings. The molecule has 13 nitrogen and oxygen atoms in total. The van der Waals surface area contributed by atoms with E-state index >= 15 is 0 Å². The second-order valence-electron chi connectivity index (χ2n) is 9.45. The number of sulfonamides is 2. The van der Waals surface area contributed by atoms with Crippen molar-refractivity contribution in [3.63, 3.8) is 0 Å². The quantitative estimate of drug-likeness (QED) is 0.247. The van der Waals surface area contributed by atoms with E-state index in [1.165, 1.54) is 74.9 Å². The van der Waals surface area contributed by atoms with Crippen molar-refractivity contribution >= 4 is 59.4 Å². The Balaban J connectivity index is 1.70. The fraction of sp³-hybridized carbons (Fsp3) is 0.185. The number of nitrogens with zero attached hydrogens (tertiary/aromatic N) is 4. The number of amidine groups is 1. The molecule has 3 aromatic carbocycles. The minimum atomic E-state index is -4.98. The summed E-state index contributed by atoms with van der Waals surface area (Å²) in [5.41, 5.74) is -0.463. The Kier molecular flexibility index (Phi) is 9.00. The van der Waals surface area contributed by atoms with Crippen LogP contribution in [-0.2, 0) is 35.6 Å². The molecule has 0 aliphatic carbocycles. The molecule has 19 heteroatoms. The van der Waals surface area contributed by atoms with Gasteiger partial charge in [0, 0.05) is 10.8 Å². The lowest BCUT2D eigenvalue weighted by Gasteiger charge is -2.29. The van der Waals surface area contributed by atoms with Crippen LogP contribution in [0, 0.1) is 0 Å². The maximum atomic E-state index is 14.0. The molecule has 0 bridgehead atoms. The smallest absolute Gasteiger partial charge is 0.407 e. The predicted molar refractivity (Wildman–Crippen MR) is 163 cm³/mol. The molecule has 1 aromatic heterocycles. The number of oxime groups is 1. The van der Waals surface area contributed by atoms with Gasteiger partial charge >= 0.3 is 17.4 Å². The molecule has 1 unspecified atom stereocenters. The van der Waals surface area contributed by atoms with E-state index in [0.717, 1.165) is 22.6 Å². The fourth-order valence-electron chi connectivity index (χ4n) is 4.46. The van der Waals surface area contributed by atoms with E-state index in [4.69, 9.17) is 9.47 Å². The number of halogens is 3. The minimum Gasteiger partial charge on any atom is -0.497 e. The molecule has 0 saturated heterocycles. The molecule has 1 atom stereocenters. The van der Waals surface area contributed by atoms with Crippen LogP contribution in [0.4, 0.5) is 24.7 Å². The molecular weight excluding hydrogens is 676 g/mol. The summed E-state index contributed by atoms with van der Waals surface area (Å²) in [5, 5.41) is 3.51. The van der Waals surface area contributed by atoms with Gasteiger partial charge in [0.1, 0.15) is 18.0 Å². The van der Waals surface area contributed by atoms with Gasteiger partial charge in [-0.15, -0.1) is 0 Å². The largest absolute Gasteiger partial charge is 0.497 e.